The van der Waals surface area contributed by atoms with Gasteiger partial charge in [-0.2, -0.15) is 0 Å². The number of carbonyl (C=O) groups excluding carboxylic acids is 1. The zero-order chi connectivity index (χ0) is 17.9. The molecular formula is C18H19ClN2O4. The van der Waals surface area contributed by atoms with Crippen LogP contribution in [0.4, 0.5) is 5.69 Å². The van der Waals surface area contributed by atoms with Gasteiger partial charge < -0.3 is 24.5 Å². The second-order valence-electron chi connectivity index (χ2n) is 5.60. The molecule has 0 spiro atoms. The minimum absolute atomic E-state index is 0.318. The number of ether oxygens (including phenoxy) is 3. The molecule has 0 fully saturated rings. The summed E-state index contributed by atoms with van der Waals surface area (Å²) in [6.07, 6.45) is 4.69. The van der Waals surface area contributed by atoms with Gasteiger partial charge in [0.2, 0.25) is 0 Å². The van der Waals surface area contributed by atoms with E-state index in [-0.39, 0.29) is 0 Å². The van der Waals surface area contributed by atoms with E-state index in [1.165, 1.54) is 12.5 Å². The topological polar surface area (TPSA) is 72.6 Å². The summed E-state index contributed by atoms with van der Waals surface area (Å²) in [5.41, 5.74) is 2.80. The lowest BCUT2D eigenvalue weighted by Gasteiger charge is -2.26. The number of halogens is 1. The second kappa shape index (κ2) is 7.11. The predicted molar refractivity (Wildman–Crippen MR) is 94.2 cm³/mol. The number of hydrogen-bond donors (Lipinski definition) is 2. The van der Waals surface area contributed by atoms with Crippen LogP contribution in [0.2, 0.25) is 5.02 Å². The molecule has 2 heterocycles. The van der Waals surface area contributed by atoms with Crippen molar-refractivity contribution in [3.63, 3.8) is 0 Å². The van der Waals surface area contributed by atoms with E-state index in [0.29, 0.717) is 29.6 Å². The fraction of sp³-hybridized carbons (Fsp3) is 0.278. The molecule has 0 atom stereocenters. The highest BCUT2D eigenvalue weighted by Gasteiger charge is 2.34. The summed E-state index contributed by atoms with van der Waals surface area (Å²) in [7, 11) is 0. The lowest BCUT2D eigenvalue weighted by molar-refractivity contribution is -0.133. The highest BCUT2D eigenvalue weighted by molar-refractivity contribution is 6.30. The maximum Gasteiger partial charge on any atom is 0.356 e. The van der Waals surface area contributed by atoms with Gasteiger partial charge in [-0.15, -0.1) is 0 Å². The standard InChI is InChI=1S/C18H19ClN2O4/c1-3-23-17(22)16-15(6-7-20-16)21-11-12-4-5-13(19)10-14(12)18(2)24-8-9-25-18/h4-10,20-21H,3,11H2,1-2H3. The second-order valence-corrected chi connectivity index (χ2v) is 6.03. The molecule has 0 saturated heterocycles. The zero-order valence-electron chi connectivity index (χ0n) is 14.0. The molecule has 0 radical (unpaired) electrons. The average Bonchev–Trinajstić information content (AvgIpc) is 3.23. The maximum absolute atomic E-state index is 12.0. The van der Waals surface area contributed by atoms with Crippen molar-refractivity contribution in [2.75, 3.05) is 11.9 Å². The highest BCUT2D eigenvalue weighted by Crippen LogP contribution is 2.35. The van der Waals surface area contributed by atoms with Crippen molar-refractivity contribution in [2.24, 2.45) is 0 Å². The molecule has 1 aromatic heterocycles. The van der Waals surface area contributed by atoms with E-state index in [2.05, 4.69) is 10.3 Å². The predicted octanol–water partition coefficient (Wildman–Crippen LogP) is 4.15. The Kier molecular flexibility index (Phi) is 4.90. The fourth-order valence-corrected chi connectivity index (χ4v) is 2.85. The first-order chi connectivity index (χ1) is 12.0. The van der Waals surface area contributed by atoms with Crippen molar-refractivity contribution in [1.82, 2.24) is 4.98 Å². The van der Waals surface area contributed by atoms with Crippen LogP contribution in [0.15, 0.2) is 43.0 Å². The van der Waals surface area contributed by atoms with Crippen molar-refractivity contribution in [2.45, 2.75) is 26.2 Å². The summed E-state index contributed by atoms with van der Waals surface area (Å²) in [4.78, 5) is 14.8. The Morgan fingerprint density at radius 2 is 2.08 bits per heavy atom. The molecule has 132 valence electrons. The van der Waals surface area contributed by atoms with Crippen LogP contribution in [0, 0.1) is 0 Å². The van der Waals surface area contributed by atoms with Gasteiger partial charge in [0.15, 0.2) is 0 Å². The molecule has 2 aromatic rings. The van der Waals surface area contributed by atoms with Gasteiger partial charge in [0.1, 0.15) is 18.2 Å². The Morgan fingerprint density at radius 3 is 2.80 bits per heavy atom. The van der Waals surface area contributed by atoms with Gasteiger partial charge >= 0.3 is 5.97 Å². The smallest absolute Gasteiger partial charge is 0.356 e. The van der Waals surface area contributed by atoms with E-state index >= 15 is 0 Å². The molecule has 0 unspecified atom stereocenters. The molecule has 7 heteroatoms. The largest absolute Gasteiger partial charge is 0.461 e. The number of aromatic nitrogens is 1. The Morgan fingerprint density at radius 1 is 1.32 bits per heavy atom. The van der Waals surface area contributed by atoms with Gasteiger partial charge in [0, 0.05) is 30.3 Å². The van der Waals surface area contributed by atoms with Gasteiger partial charge in [0.05, 0.1) is 12.3 Å². The van der Waals surface area contributed by atoms with E-state index in [1.807, 2.05) is 19.1 Å². The van der Waals surface area contributed by atoms with Gasteiger partial charge in [0.25, 0.3) is 5.79 Å². The number of hydrogen-bond acceptors (Lipinski definition) is 5. The van der Waals surface area contributed by atoms with Crippen molar-refractivity contribution in [3.8, 4) is 0 Å². The Bertz CT molecular complexity index is 792. The summed E-state index contributed by atoms with van der Waals surface area (Å²) < 4.78 is 16.2. The van der Waals surface area contributed by atoms with E-state index < -0.39 is 11.8 Å². The van der Waals surface area contributed by atoms with Crippen molar-refractivity contribution in [3.05, 3.63) is 64.8 Å². The quantitative estimate of drug-likeness (QED) is 0.755. The monoisotopic (exact) mass is 362 g/mol. The van der Waals surface area contributed by atoms with Gasteiger partial charge in [-0.3, -0.25) is 0 Å². The van der Waals surface area contributed by atoms with Crippen LogP contribution >= 0.6 is 11.6 Å². The summed E-state index contributed by atoms with van der Waals surface area (Å²) in [6.45, 7) is 4.37. The lowest BCUT2D eigenvalue weighted by atomic mass is 10.00. The third-order valence-corrected chi connectivity index (χ3v) is 4.13. The lowest BCUT2D eigenvalue weighted by Crippen LogP contribution is -2.25. The van der Waals surface area contributed by atoms with E-state index in [0.717, 1.165) is 11.1 Å². The summed E-state index contributed by atoms with van der Waals surface area (Å²) >= 11 is 6.14. The third kappa shape index (κ3) is 3.58. The maximum atomic E-state index is 12.0. The van der Waals surface area contributed by atoms with Crippen LogP contribution in [0.1, 0.15) is 35.5 Å². The molecule has 0 bridgehead atoms. The minimum atomic E-state index is -0.927. The number of rotatable bonds is 6. The van der Waals surface area contributed by atoms with Crippen LogP contribution in [0.5, 0.6) is 0 Å². The van der Waals surface area contributed by atoms with Crippen LogP contribution in [0.25, 0.3) is 0 Å². The minimum Gasteiger partial charge on any atom is -0.461 e. The SMILES string of the molecule is CCOC(=O)c1[nH]ccc1NCc1ccc(Cl)cc1C1(C)OC=CO1. The van der Waals surface area contributed by atoms with Crippen LogP contribution < -0.4 is 5.32 Å². The first kappa shape index (κ1) is 17.2. The van der Waals surface area contributed by atoms with Gasteiger partial charge in [-0.25, -0.2) is 4.79 Å². The number of esters is 1. The van der Waals surface area contributed by atoms with Crippen molar-refractivity contribution >= 4 is 23.3 Å². The average molecular weight is 363 g/mol. The first-order valence-corrected chi connectivity index (χ1v) is 8.29. The van der Waals surface area contributed by atoms with Crippen LogP contribution in [-0.2, 0) is 26.5 Å². The number of benzene rings is 1. The highest BCUT2D eigenvalue weighted by atomic mass is 35.5. The normalized spacial score (nSPS) is 14.7. The zero-order valence-corrected chi connectivity index (χ0v) is 14.7. The summed E-state index contributed by atoms with van der Waals surface area (Å²) in [5.74, 6) is -1.32. The number of nitrogens with one attached hydrogen (secondary N) is 2. The fourth-order valence-electron chi connectivity index (χ4n) is 2.67. The first-order valence-electron chi connectivity index (χ1n) is 7.91. The van der Waals surface area contributed by atoms with Crippen LogP contribution in [-0.4, -0.2) is 17.6 Å². The van der Waals surface area contributed by atoms with E-state index in [9.17, 15) is 4.79 Å². The molecule has 25 heavy (non-hydrogen) atoms. The summed E-state index contributed by atoms with van der Waals surface area (Å²) in [6, 6.07) is 7.30. The number of H-pyrrole nitrogens is 1. The molecule has 3 rings (SSSR count). The number of anilines is 1. The molecule has 1 aliphatic heterocycles. The molecule has 0 aliphatic carbocycles. The van der Waals surface area contributed by atoms with E-state index in [1.54, 1.807) is 25.3 Å². The van der Waals surface area contributed by atoms with Gasteiger partial charge in [-0.1, -0.05) is 17.7 Å². The molecule has 1 aromatic carbocycles. The van der Waals surface area contributed by atoms with Crippen molar-refractivity contribution in [1.29, 1.82) is 0 Å². The molecule has 6 nitrogen and oxygen atoms in total. The molecule has 2 N–H and O–H groups in total. The van der Waals surface area contributed by atoms with E-state index in [4.69, 9.17) is 25.8 Å². The van der Waals surface area contributed by atoms with Gasteiger partial charge in [-0.05, 0) is 30.7 Å². The molecule has 1 aliphatic rings. The van der Waals surface area contributed by atoms with Crippen LogP contribution in [0.3, 0.4) is 0 Å². The molecule has 0 amide bonds. The number of aromatic amines is 1. The summed E-state index contributed by atoms with van der Waals surface area (Å²) in [5, 5.41) is 3.83. The Labute approximate surface area is 150 Å². The molecular weight excluding hydrogens is 344 g/mol. The Balaban J connectivity index is 1.81. The van der Waals surface area contributed by atoms with Crippen molar-refractivity contribution < 1.29 is 19.0 Å². The Hall–Kier alpha value is -2.60. The number of carbonyl (C=O) groups is 1. The third-order valence-electron chi connectivity index (χ3n) is 3.90. The molecule has 0 saturated carbocycles.